The number of halogens is 1. The summed E-state index contributed by atoms with van der Waals surface area (Å²) in [5.41, 5.74) is 0.684. The molecular formula is C12H18BrNO2. The normalized spacial score (nSPS) is 11.5. The van der Waals surface area contributed by atoms with Crippen LogP contribution in [0, 0.1) is 6.92 Å². The van der Waals surface area contributed by atoms with Crippen molar-refractivity contribution in [1.29, 1.82) is 0 Å². The number of furan rings is 1. The van der Waals surface area contributed by atoms with Crippen LogP contribution in [0.5, 0.6) is 0 Å². The van der Waals surface area contributed by atoms with Crippen molar-refractivity contribution in [2.24, 2.45) is 0 Å². The van der Waals surface area contributed by atoms with Gasteiger partial charge in [-0.25, -0.2) is 0 Å². The summed E-state index contributed by atoms with van der Waals surface area (Å²) in [4.78, 5) is 12.0. The highest BCUT2D eigenvalue weighted by Gasteiger charge is 2.28. The molecule has 4 heteroatoms. The van der Waals surface area contributed by atoms with Gasteiger partial charge < -0.3 is 9.73 Å². The molecule has 1 heterocycles. The molecule has 0 bridgehead atoms. The predicted octanol–water partition coefficient (Wildman–Crippen LogP) is 3.27. The third-order valence-corrected chi connectivity index (χ3v) is 4.13. The molecule has 0 saturated carbocycles. The number of carbonyl (C=O) groups excluding carboxylic acids is 1. The van der Waals surface area contributed by atoms with Gasteiger partial charge in [-0.3, -0.25) is 4.79 Å². The molecule has 3 nitrogen and oxygen atoms in total. The Morgan fingerprint density at radius 2 is 2.12 bits per heavy atom. The summed E-state index contributed by atoms with van der Waals surface area (Å²) < 4.78 is 5.18. The summed E-state index contributed by atoms with van der Waals surface area (Å²) in [7, 11) is 0. The molecule has 1 aromatic heterocycles. The lowest BCUT2D eigenvalue weighted by molar-refractivity contribution is 0.0874. The second-order valence-electron chi connectivity index (χ2n) is 4.01. The molecule has 0 aromatic carbocycles. The molecule has 0 fully saturated rings. The second-order valence-corrected chi connectivity index (χ2v) is 4.57. The number of carbonyl (C=O) groups is 1. The van der Waals surface area contributed by atoms with Gasteiger partial charge in [0.2, 0.25) is 0 Å². The van der Waals surface area contributed by atoms with Crippen LogP contribution < -0.4 is 5.32 Å². The van der Waals surface area contributed by atoms with Crippen LogP contribution in [0.4, 0.5) is 0 Å². The summed E-state index contributed by atoms with van der Waals surface area (Å²) in [6.45, 7) is 6.01. The number of nitrogens with one attached hydrogen (secondary N) is 1. The van der Waals surface area contributed by atoms with Crippen LogP contribution in [0.25, 0.3) is 0 Å². The van der Waals surface area contributed by atoms with Gasteiger partial charge in [-0.1, -0.05) is 29.8 Å². The topological polar surface area (TPSA) is 42.2 Å². The third-order valence-electron chi connectivity index (χ3n) is 3.06. The predicted molar refractivity (Wildman–Crippen MR) is 68.0 cm³/mol. The van der Waals surface area contributed by atoms with Crippen molar-refractivity contribution in [3.8, 4) is 0 Å². The molecule has 0 saturated heterocycles. The van der Waals surface area contributed by atoms with E-state index in [0.29, 0.717) is 5.76 Å². The first-order valence-corrected chi connectivity index (χ1v) is 6.63. The van der Waals surface area contributed by atoms with Gasteiger partial charge in [-0.05, 0) is 25.8 Å². The minimum Gasteiger partial charge on any atom is -0.459 e. The molecule has 1 rings (SSSR count). The first kappa shape index (κ1) is 13.3. The maximum absolute atomic E-state index is 12.0. The fourth-order valence-corrected chi connectivity index (χ4v) is 2.49. The fourth-order valence-electron chi connectivity index (χ4n) is 1.55. The number of rotatable bonds is 5. The van der Waals surface area contributed by atoms with Gasteiger partial charge in [0.25, 0.3) is 5.91 Å². The lowest BCUT2D eigenvalue weighted by Crippen LogP contribution is -2.49. The monoisotopic (exact) mass is 287 g/mol. The minimum atomic E-state index is -0.184. The summed E-state index contributed by atoms with van der Waals surface area (Å²) in [6.07, 6.45) is 3.32. The quantitative estimate of drug-likeness (QED) is 0.845. The SMILES string of the molecule is CCC(CC)(CBr)NC(=O)c1occc1C. The van der Waals surface area contributed by atoms with Crippen molar-refractivity contribution >= 4 is 21.8 Å². The molecule has 0 atom stereocenters. The summed E-state index contributed by atoms with van der Waals surface area (Å²) in [5.74, 6) is 0.276. The van der Waals surface area contributed by atoms with E-state index in [9.17, 15) is 4.79 Å². The van der Waals surface area contributed by atoms with Crippen LogP contribution in [0.15, 0.2) is 16.7 Å². The Hall–Kier alpha value is -0.770. The lowest BCUT2D eigenvalue weighted by Gasteiger charge is -2.30. The van der Waals surface area contributed by atoms with Crippen molar-refractivity contribution in [3.63, 3.8) is 0 Å². The van der Waals surface area contributed by atoms with Crippen molar-refractivity contribution in [2.75, 3.05) is 5.33 Å². The number of alkyl halides is 1. The summed E-state index contributed by atoms with van der Waals surface area (Å²) >= 11 is 3.46. The molecule has 16 heavy (non-hydrogen) atoms. The van der Waals surface area contributed by atoms with E-state index in [1.165, 1.54) is 6.26 Å². The molecule has 90 valence electrons. The van der Waals surface area contributed by atoms with Crippen molar-refractivity contribution < 1.29 is 9.21 Å². The number of hydrogen-bond donors (Lipinski definition) is 1. The van der Waals surface area contributed by atoms with E-state index in [4.69, 9.17) is 4.42 Å². The zero-order valence-electron chi connectivity index (χ0n) is 9.97. The average Bonchev–Trinajstić information content (AvgIpc) is 2.72. The zero-order chi connectivity index (χ0) is 12.2. The van der Waals surface area contributed by atoms with Crippen LogP contribution in [-0.4, -0.2) is 16.8 Å². The molecule has 1 N–H and O–H groups in total. The molecule has 0 aliphatic rings. The van der Waals surface area contributed by atoms with E-state index < -0.39 is 0 Å². The molecule has 0 spiro atoms. The minimum absolute atomic E-state index is 0.134. The molecule has 1 amide bonds. The first-order chi connectivity index (χ1) is 7.58. The molecule has 0 unspecified atom stereocenters. The van der Waals surface area contributed by atoms with Crippen LogP contribution in [0.2, 0.25) is 0 Å². The van der Waals surface area contributed by atoms with Crippen LogP contribution in [0.1, 0.15) is 42.8 Å². The smallest absolute Gasteiger partial charge is 0.287 e. The number of hydrogen-bond acceptors (Lipinski definition) is 2. The second kappa shape index (κ2) is 5.53. The Morgan fingerprint density at radius 3 is 2.50 bits per heavy atom. The third kappa shape index (κ3) is 2.67. The maximum atomic E-state index is 12.0. The molecule has 1 aromatic rings. The van der Waals surface area contributed by atoms with E-state index in [-0.39, 0.29) is 11.4 Å². The molecule has 0 aliphatic heterocycles. The number of aryl methyl sites for hydroxylation is 1. The molecule has 0 radical (unpaired) electrons. The van der Waals surface area contributed by atoms with Gasteiger partial charge >= 0.3 is 0 Å². The van der Waals surface area contributed by atoms with Gasteiger partial charge in [0, 0.05) is 16.4 Å². The van der Waals surface area contributed by atoms with E-state index in [2.05, 4.69) is 35.1 Å². The van der Waals surface area contributed by atoms with Crippen LogP contribution in [0.3, 0.4) is 0 Å². The summed E-state index contributed by atoms with van der Waals surface area (Å²) in [5, 5.41) is 3.79. The first-order valence-electron chi connectivity index (χ1n) is 5.51. The Morgan fingerprint density at radius 1 is 1.50 bits per heavy atom. The summed E-state index contributed by atoms with van der Waals surface area (Å²) in [6, 6.07) is 1.79. The van der Waals surface area contributed by atoms with E-state index in [1.807, 2.05) is 6.92 Å². The highest BCUT2D eigenvalue weighted by molar-refractivity contribution is 9.09. The van der Waals surface area contributed by atoms with E-state index in [0.717, 1.165) is 23.7 Å². The number of amides is 1. The van der Waals surface area contributed by atoms with Gasteiger partial charge in [0.05, 0.1) is 6.26 Å². The maximum Gasteiger partial charge on any atom is 0.287 e. The molecule has 0 aliphatic carbocycles. The van der Waals surface area contributed by atoms with Gasteiger partial charge in [0.1, 0.15) is 0 Å². The highest BCUT2D eigenvalue weighted by atomic mass is 79.9. The average molecular weight is 288 g/mol. The zero-order valence-corrected chi connectivity index (χ0v) is 11.6. The van der Waals surface area contributed by atoms with Crippen molar-refractivity contribution in [3.05, 3.63) is 23.7 Å². The fraction of sp³-hybridized carbons (Fsp3) is 0.583. The van der Waals surface area contributed by atoms with Crippen molar-refractivity contribution in [2.45, 2.75) is 39.2 Å². The Balaban J connectivity index is 2.81. The Kier molecular flexibility index (Phi) is 4.59. The van der Waals surface area contributed by atoms with Gasteiger partial charge in [-0.2, -0.15) is 0 Å². The van der Waals surface area contributed by atoms with Gasteiger partial charge in [-0.15, -0.1) is 0 Å². The Labute approximate surface area is 105 Å². The van der Waals surface area contributed by atoms with Crippen LogP contribution in [-0.2, 0) is 0 Å². The Bertz CT molecular complexity index is 347. The standard InChI is InChI=1S/C12H18BrNO2/c1-4-12(5-2,8-13)14-11(15)10-9(3)6-7-16-10/h6-7H,4-5,8H2,1-3H3,(H,14,15). The molecular weight excluding hydrogens is 270 g/mol. The van der Waals surface area contributed by atoms with Gasteiger partial charge in [0.15, 0.2) is 5.76 Å². The van der Waals surface area contributed by atoms with Crippen molar-refractivity contribution in [1.82, 2.24) is 5.32 Å². The lowest BCUT2D eigenvalue weighted by atomic mass is 9.95. The highest BCUT2D eigenvalue weighted by Crippen LogP contribution is 2.19. The van der Waals surface area contributed by atoms with Crippen LogP contribution >= 0.6 is 15.9 Å². The largest absolute Gasteiger partial charge is 0.459 e. The van der Waals surface area contributed by atoms with E-state index >= 15 is 0 Å². The van der Waals surface area contributed by atoms with E-state index in [1.54, 1.807) is 6.07 Å².